The number of benzene rings is 1. The van der Waals surface area contributed by atoms with Crippen molar-refractivity contribution in [3.8, 4) is 0 Å². The van der Waals surface area contributed by atoms with Crippen LogP contribution in [0.2, 0.25) is 0 Å². The van der Waals surface area contributed by atoms with Crippen LogP contribution in [-0.4, -0.2) is 17.8 Å². The van der Waals surface area contributed by atoms with E-state index in [1.54, 1.807) is 36.4 Å². The van der Waals surface area contributed by atoms with E-state index in [2.05, 4.69) is 21.5 Å². The Morgan fingerprint density at radius 3 is 2.33 bits per heavy atom. The molecule has 0 fully saturated rings. The Bertz CT molecular complexity index is 671. The lowest BCUT2D eigenvalue weighted by Crippen LogP contribution is -2.44. The van der Waals surface area contributed by atoms with Crippen LogP contribution in [0.5, 0.6) is 0 Å². The topological polar surface area (TPSA) is 112 Å². The molecule has 24 heavy (non-hydrogen) atoms. The third-order valence-corrected chi connectivity index (χ3v) is 2.97. The summed E-state index contributed by atoms with van der Waals surface area (Å²) < 4.78 is 5.07. The van der Waals surface area contributed by atoms with Crippen LogP contribution in [0.15, 0.2) is 53.1 Å². The predicted molar refractivity (Wildman–Crippen MR) is 86.5 cm³/mol. The minimum absolute atomic E-state index is 0.00846. The number of hydrogen-bond acceptors (Lipinski definition) is 4. The number of furan rings is 1. The minimum Gasteiger partial charge on any atom is -0.467 e. The van der Waals surface area contributed by atoms with Gasteiger partial charge in [0.25, 0.3) is 0 Å². The van der Waals surface area contributed by atoms with Gasteiger partial charge in [-0.2, -0.15) is 0 Å². The van der Waals surface area contributed by atoms with Crippen molar-refractivity contribution in [2.24, 2.45) is 0 Å². The second-order valence-electron chi connectivity index (χ2n) is 4.85. The summed E-state index contributed by atoms with van der Waals surface area (Å²) >= 11 is 0. The smallest absolute Gasteiger partial charge is 0.337 e. The van der Waals surface area contributed by atoms with Gasteiger partial charge in [0.1, 0.15) is 5.76 Å². The maximum absolute atomic E-state index is 11.6. The highest BCUT2D eigenvalue weighted by atomic mass is 16.3. The van der Waals surface area contributed by atoms with Gasteiger partial charge in [0.15, 0.2) is 0 Å². The van der Waals surface area contributed by atoms with Gasteiger partial charge in [-0.05, 0) is 24.3 Å². The third-order valence-electron chi connectivity index (χ3n) is 2.97. The number of rotatable bonds is 6. The lowest BCUT2D eigenvalue weighted by Gasteiger charge is -2.09. The van der Waals surface area contributed by atoms with Gasteiger partial charge in [-0.25, -0.2) is 10.2 Å². The Kier molecular flexibility index (Phi) is 6.39. The van der Waals surface area contributed by atoms with E-state index in [-0.39, 0.29) is 25.3 Å². The first-order valence-corrected chi connectivity index (χ1v) is 7.33. The van der Waals surface area contributed by atoms with Crippen molar-refractivity contribution in [3.63, 3.8) is 0 Å². The molecular weight excluding hydrogens is 312 g/mol. The Balaban J connectivity index is 1.59. The number of para-hydroxylation sites is 1. The van der Waals surface area contributed by atoms with Crippen LogP contribution in [0.3, 0.4) is 0 Å². The maximum Gasteiger partial charge on any atom is 0.337 e. The van der Waals surface area contributed by atoms with Crippen molar-refractivity contribution in [1.82, 2.24) is 16.2 Å². The summed E-state index contributed by atoms with van der Waals surface area (Å²) in [4.78, 5) is 34.7. The molecule has 1 aromatic heterocycles. The lowest BCUT2D eigenvalue weighted by molar-refractivity contribution is -0.126. The Morgan fingerprint density at radius 1 is 0.875 bits per heavy atom. The molecule has 8 nitrogen and oxygen atoms in total. The van der Waals surface area contributed by atoms with Gasteiger partial charge in [-0.15, -0.1) is 0 Å². The summed E-state index contributed by atoms with van der Waals surface area (Å²) in [6, 6.07) is 11.7. The molecule has 4 amide bonds. The summed E-state index contributed by atoms with van der Waals surface area (Å²) in [5.41, 5.74) is 5.04. The lowest BCUT2D eigenvalue weighted by atomic mass is 10.3. The van der Waals surface area contributed by atoms with Crippen LogP contribution in [0, 0.1) is 0 Å². The largest absolute Gasteiger partial charge is 0.467 e. The fraction of sp³-hybridized carbons (Fsp3) is 0.188. The molecule has 1 aromatic carbocycles. The fourth-order valence-electron chi connectivity index (χ4n) is 1.79. The fourth-order valence-corrected chi connectivity index (χ4v) is 1.79. The van der Waals surface area contributed by atoms with E-state index in [1.165, 1.54) is 6.26 Å². The number of urea groups is 1. The number of amides is 4. The van der Waals surface area contributed by atoms with Gasteiger partial charge in [0.2, 0.25) is 11.8 Å². The highest BCUT2D eigenvalue weighted by Crippen LogP contribution is 2.03. The van der Waals surface area contributed by atoms with Crippen LogP contribution in [0.4, 0.5) is 10.5 Å². The molecule has 126 valence electrons. The van der Waals surface area contributed by atoms with E-state index in [4.69, 9.17) is 4.42 Å². The van der Waals surface area contributed by atoms with Crippen molar-refractivity contribution >= 4 is 23.5 Å². The van der Waals surface area contributed by atoms with Crippen LogP contribution in [-0.2, 0) is 16.1 Å². The molecule has 0 aliphatic carbocycles. The molecule has 0 aliphatic heterocycles. The van der Waals surface area contributed by atoms with Crippen LogP contribution < -0.4 is 21.5 Å². The van der Waals surface area contributed by atoms with E-state index < -0.39 is 11.9 Å². The molecule has 1 heterocycles. The van der Waals surface area contributed by atoms with Crippen molar-refractivity contribution < 1.29 is 18.8 Å². The molecule has 0 radical (unpaired) electrons. The molecule has 2 rings (SSSR count). The zero-order valence-electron chi connectivity index (χ0n) is 12.9. The first-order valence-electron chi connectivity index (χ1n) is 7.33. The van der Waals surface area contributed by atoms with Gasteiger partial charge >= 0.3 is 6.03 Å². The first kappa shape index (κ1) is 17.1. The molecule has 0 saturated carbocycles. The zero-order valence-corrected chi connectivity index (χ0v) is 12.9. The highest BCUT2D eigenvalue weighted by molar-refractivity contribution is 5.91. The first-order chi connectivity index (χ1) is 11.6. The molecule has 0 aliphatic rings. The Morgan fingerprint density at radius 2 is 1.62 bits per heavy atom. The van der Waals surface area contributed by atoms with Crippen molar-refractivity contribution in [3.05, 3.63) is 54.5 Å². The zero-order chi connectivity index (χ0) is 17.2. The van der Waals surface area contributed by atoms with Crippen LogP contribution in [0.1, 0.15) is 18.6 Å². The second kappa shape index (κ2) is 8.99. The molecule has 0 unspecified atom stereocenters. The standard InChI is InChI=1S/C16H18N4O4/c21-14(17-11-13-7-4-10-24-13)8-9-15(22)19-20-16(23)18-12-5-2-1-3-6-12/h1-7,10H,8-9,11H2,(H,17,21)(H,19,22)(H2,18,20,23). The average Bonchev–Trinajstić information content (AvgIpc) is 3.10. The Labute approximate surface area is 138 Å². The number of carbonyl (C=O) groups excluding carboxylic acids is 3. The van der Waals surface area contributed by atoms with Gasteiger partial charge in [0.05, 0.1) is 12.8 Å². The normalized spacial score (nSPS) is 9.83. The van der Waals surface area contributed by atoms with Crippen LogP contribution >= 0.6 is 0 Å². The molecule has 0 spiro atoms. The third kappa shape index (κ3) is 6.22. The predicted octanol–water partition coefficient (Wildman–Crippen LogP) is 1.53. The summed E-state index contributed by atoms with van der Waals surface area (Å²) in [6.07, 6.45) is 1.48. The minimum atomic E-state index is -0.572. The molecular formula is C16H18N4O4. The highest BCUT2D eigenvalue weighted by Gasteiger charge is 2.08. The molecule has 0 bridgehead atoms. The van der Waals surface area contributed by atoms with E-state index in [0.29, 0.717) is 11.4 Å². The van der Waals surface area contributed by atoms with E-state index >= 15 is 0 Å². The number of nitrogens with one attached hydrogen (secondary N) is 4. The molecule has 4 N–H and O–H groups in total. The summed E-state index contributed by atoms with van der Waals surface area (Å²) in [7, 11) is 0. The number of anilines is 1. The molecule has 8 heteroatoms. The number of carbonyl (C=O) groups is 3. The van der Waals surface area contributed by atoms with E-state index in [1.807, 2.05) is 6.07 Å². The molecule has 0 atom stereocenters. The number of hydrogen-bond donors (Lipinski definition) is 4. The quantitative estimate of drug-likeness (QED) is 0.602. The van der Waals surface area contributed by atoms with Crippen LogP contribution in [0.25, 0.3) is 0 Å². The second-order valence-corrected chi connectivity index (χ2v) is 4.85. The van der Waals surface area contributed by atoms with Crippen molar-refractivity contribution in [2.45, 2.75) is 19.4 Å². The van der Waals surface area contributed by atoms with Gasteiger partial charge < -0.3 is 15.1 Å². The van der Waals surface area contributed by atoms with E-state index in [0.717, 1.165) is 0 Å². The summed E-state index contributed by atoms with van der Waals surface area (Å²) in [6.45, 7) is 0.269. The monoisotopic (exact) mass is 330 g/mol. The summed E-state index contributed by atoms with van der Waals surface area (Å²) in [5.74, 6) is -0.117. The number of hydrazine groups is 1. The van der Waals surface area contributed by atoms with Gasteiger partial charge in [-0.1, -0.05) is 18.2 Å². The van der Waals surface area contributed by atoms with E-state index in [9.17, 15) is 14.4 Å². The van der Waals surface area contributed by atoms with Gasteiger partial charge in [0, 0.05) is 18.5 Å². The maximum atomic E-state index is 11.6. The SMILES string of the molecule is O=C(CCC(=O)NNC(=O)Nc1ccccc1)NCc1ccco1. The average molecular weight is 330 g/mol. The Hall–Kier alpha value is -3.29. The van der Waals surface area contributed by atoms with Crippen molar-refractivity contribution in [2.75, 3.05) is 5.32 Å². The summed E-state index contributed by atoms with van der Waals surface area (Å²) in [5, 5.41) is 5.17. The molecule has 2 aromatic rings. The van der Waals surface area contributed by atoms with Gasteiger partial charge in [-0.3, -0.25) is 15.0 Å². The van der Waals surface area contributed by atoms with Crippen molar-refractivity contribution in [1.29, 1.82) is 0 Å². The molecule has 0 saturated heterocycles.